The van der Waals surface area contributed by atoms with E-state index in [1.165, 1.54) is 4.90 Å². The summed E-state index contributed by atoms with van der Waals surface area (Å²) in [4.78, 5) is 35.4. The van der Waals surface area contributed by atoms with E-state index >= 15 is 0 Å². The highest BCUT2D eigenvalue weighted by Gasteiger charge is 2.44. The number of urea groups is 1. The molecule has 0 saturated carbocycles. The highest BCUT2D eigenvalue weighted by Crippen LogP contribution is 2.36. The first kappa shape index (κ1) is 20.8. The van der Waals surface area contributed by atoms with Gasteiger partial charge in [-0.05, 0) is 49.1 Å². The molecule has 3 aromatic rings. The number of carbonyl (C=O) groups excluding carboxylic acids is 2. The number of ether oxygens (including phenoxy) is 1. The topological polar surface area (TPSA) is 96.5 Å². The molecule has 0 atom stereocenters. The van der Waals surface area contributed by atoms with Gasteiger partial charge in [0.2, 0.25) is 5.95 Å². The van der Waals surface area contributed by atoms with Crippen molar-refractivity contribution in [1.82, 2.24) is 20.2 Å². The fourth-order valence-corrected chi connectivity index (χ4v) is 4.32. The summed E-state index contributed by atoms with van der Waals surface area (Å²) < 4.78 is 5.24. The number of nitrogens with one attached hydrogen (secondary N) is 2. The molecule has 3 amide bonds. The summed E-state index contributed by atoms with van der Waals surface area (Å²) in [6.45, 7) is 4.22. The van der Waals surface area contributed by atoms with Gasteiger partial charge in [-0.15, -0.1) is 11.3 Å². The summed E-state index contributed by atoms with van der Waals surface area (Å²) >= 11 is 1.61. The lowest BCUT2D eigenvalue weighted by Gasteiger charge is -2.27. The zero-order valence-corrected chi connectivity index (χ0v) is 18.3. The summed E-state index contributed by atoms with van der Waals surface area (Å²) in [5.41, 5.74) is 2.11. The number of hydrogen-bond donors (Lipinski definition) is 2. The second-order valence-electron chi connectivity index (χ2n) is 7.55. The van der Waals surface area contributed by atoms with Gasteiger partial charge in [0.1, 0.15) is 11.3 Å². The number of nitrogens with zero attached hydrogens (tertiary/aromatic N) is 3. The predicted molar refractivity (Wildman–Crippen MR) is 120 cm³/mol. The minimum atomic E-state index is -0.869. The Morgan fingerprint density at radius 3 is 2.61 bits per heavy atom. The summed E-state index contributed by atoms with van der Waals surface area (Å²) in [5, 5.41) is 7.54. The average molecular weight is 438 g/mol. The second kappa shape index (κ2) is 8.35. The molecule has 9 heteroatoms. The number of methoxy groups -OCH3 is 1. The Morgan fingerprint density at radius 2 is 1.94 bits per heavy atom. The molecular formula is C22H23N5O3S. The third-order valence-corrected chi connectivity index (χ3v) is 6.21. The Balaban J connectivity index is 1.48. The molecule has 0 aliphatic carbocycles. The smallest absolute Gasteiger partial charge is 0.325 e. The maximum Gasteiger partial charge on any atom is 0.325 e. The van der Waals surface area contributed by atoms with Crippen LogP contribution in [-0.2, 0) is 4.79 Å². The first-order valence-electron chi connectivity index (χ1n) is 9.82. The van der Waals surface area contributed by atoms with Gasteiger partial charge in [-0.1, -0.05) is 12.1 Å². The van der Waals surface area contributed by atoms with Gasteiger partial charge >= 0.3 is 6.03 Å². The maximum absolute atomic E-state index is 12.0. The highest BCUT2D eigenvalue weighted by atomic mass is 32.1. The average Bonchev–Trinajstić information content (AvgIpc) is 3.33. The Kier molecular flexibility index (Phi) is 5.60. The highest BCUT2D eigenvalue weighted by molar-refractivity contribution is 7.14. The van der Waals surface area contributed by atoms with E-state index in [9.17, 15) is 9.59 Å². The molecule has 1 aliphatic rings. The number of hydrogen-bond acceptors (Lipinski definition) is 7. The van der Waals surface area contributed by atoms with E-state index in [4.69, 9.17) is 4.74 Å². The molecule has 1 aliphatic heterocycles. The molecule has 0 spiro atoms. The Bertz CT molecular complexity index is 1110. The fourth-order valence-electron chi connectivity index (χ4n) is 3.43. The standard InChI is InChI=1S/C22H23N5O3S/c1-22(2)19(28)26-21(29)27(22)12-11-24-20-23-10-8-17(25-20)18-16(9-13-31-18)14-4-6-15(30-3)7-5-14/h4-10,13H,11-12H2,1-3H3,(H,23,24,25)(H,26,28,29). The fraction of sp³-hybridized carbons (Fsp3) is 0.273. The molecule has 2 N–H and O–H groups in total. The van der Waals surface area contributed by atoms with Crippen molar-refractivity contribution >= 4 is 29.2 Å². The van der Waals surface area contributed by atoms with Crippen LogP contribution < -0.4 is 15.4 Å². The van der Waals surface area contributed by atoms with Crippen molar-refractivity contribution < 1.29 is 14.3 Å². The van der Waals surface area contributed by atoms with Gasteiger partial charge in [0.25, 0.3) is 5.91 Å². The molecule has 1 fully saturated rings. The van der Waals surface area contributed by atoms with Crippen LogP contribution in [0.25, 0.3) is 21.7 Å². The van der Waals surface area contributed by atoms with Crippen molar-refractivity contribution in [2.24, 2.45) is 0 Å². The molecule has 0 radical (unpaired) electrons. The van der Waals surface area contributed by atoms with E-state index in [0.29, 0.717) is 19.0 Å². The van der Waals surface area contributed by atoms with Crippen LogP contribution in [0.4, 0.5) is 10.7 Å². The third kappa shape index (κ3) is 4.09. The minimum absolute atomic E-state index is 0.292. The summed E-state index contributed by atoms with van der Waals surface area (Å²) in [6.07, 6.45) is 1.71. The van der Waals surface area contributed by atoms with Crippen molar-refractivity contribution in [1.29, 1.82) is 0 Å². The number of carbonyl (C=O) groups is 2. The first-order chi connectivity index (χ1) is 14.9. The van der Waals surface area contributed by atoms with E-state index in [-0.39, 0.29) is 11.9 Å². The number of anilines is 1. The van der Waals surface area contributed by atoms with Crippen molar-refractivity contribution in [3.63, 3.8) is 0 Å². The minimum Gasteiger partial charge on any atom is -0.497 e. The van der Waals surface area contributed by atoms with E-state index in [0.717, 1.165) is 27.4 Å². The number of imide groups is 1. The Morgan fingerprint density at radius 1 is 1.16 bits per heavy atom. The zero-order chi connectivity index (χ0) is 22.0. The molecule has 160 valence electrons. The SMILES string of the molecule is COc1ccc(-c2ccsc2-c2ccnc(NCCN3C(=O)NC(=O)C3(C)C)n2)cc1. The molecule has 4 rings (SSSR count). The Labute approximate surface area is 184 Å². The van der Waals surface area contributed by atoms with Crippen molar-refractivity contribution in [2.75, 3.05) is 25.5 Å². The number of aromatic nitrogens is 2. The van der Waals surface area contributed by atoms with Crippen LogP contribution in [0.15, 0.2) is 48.0 Å². The van der Waals surface area contributed by atoms with E-state index in [2.05, 4.69) is 26.7 Å². The van der Waals surface area contributed by atoms with Crippen molar-refractivity contribution in [3.8, 4) is 27.4 Å². The van der Waals surface area contributed by atoms with E-state index in [1.807, 2.05) is 35.7 Å². The lowest BCUT2D eigenvalue weighted by atomic mass is 10.0. The molecular weight excluding hydrogens is 414 g/mol. The largest absolute Gasteiger partial charge is 0.497 e. The van der Waals surface area contributed by atoms with Crippen LogP contribution in [-0.4, -0.2) is 52.5 Å². The number of amides is 3. The molecule has 0 unspecified atom stereocenters. The van der Waals surface area contributed by atoms with Crippen molar-refractivity contribution in [3.05, 3.63) is 48.0 Å². The van der Waals surface area contributed by atoms with Gasteiger partial charge in [0, 0.05) is 24.8 Å². The van der Waals surface area contributed by atoms with Crippen LogP contribution in [0, 0.1) is 0 Å². The summed E-state index contributed by atoms with van der Waals surface area (Å²) in [6, 6.07) is 11.5. The molecule has 0 bridgehead atoms. The van der Waals surface area contributed by atoms with Gasteiger partial charge in [-0.2, -0.15) is 0 Å². The third-order valence-electron chi connectivity index (χ3n) is 5.27. The first-order valence-corrected chi connectivity index (χ1v) is 10.7. The zero-order valence-electron chi connectivity index (χ0n) is 17.5. The Hall–Kier alpha value is -3.46. The van der Waals surface area contributed by atoms with Gasteiger partial charge in [-0.3, -0.25) is 10.1 Å². The quantitative estimate of drug-likeness (QED) is 0.548. The van der Waals surface area contributed by atoms with E-state index < -0.39 is 5.54 Å². The van der Waals surface area contributed by atoms with Crippen LogP contribution >= 0.6 is 11.3 Å². The van der Waals surface area contributed by atoms with E-state index in [1.54, 1.807) is 38.5 Å². The molecule has 3 heterocycles. The normalized spacial score (nSPS) is 15.1. The number of rotatable bonds is 7. The molecule has 8 nitrogen and oxygen atoms in total. The lowest BCUT2D eigenvalue weighted by molar-refractivity contribution is -0.125. The number of thiophene rings is 1. The monoisotopic (exact) mass is 437 g/mol. The van der Waals surface area contributed by atoms with Crippen LogP contribution in [0.3, 0.4) is 0 Å². The molecule has 1 saturated heterocycles. The molecule has 31 heavy (non-hydrogen) atoms. The van der Waals surface area contributed by atoms with Gasteiger partial charge in [-0.25, -0.2) is 14.8 Å². The molecule has 1 aromatic carbocycles. The number of benzene rings is 1. The van der Waals surface area contributed by atoms with Crippen LogP contribution in [0.2, 0.25) is 0 Å². The maximum atomic E-state index is 12.0. The second-order valence-corrected chi connectivity index (χ2v) is 8.47. The predicted octanol–water partition coefficient (Wildman–Crippen LogP) is 3.62. The lowest BCUT2D eigenvalue weighted by Crippen LogP contribution is -2.46. The van der Waals surface area contributed by atoms with Crippen LogP contribution in [0.1, 0.15) is 13.8 Å². The molecule has 2 aromatic heterocycles. The van der Waals surface area contributed by atoms with Crippen molar-refractivity contribution in [2.45, 2.75) is 19.4 Å². The summed E-state index contributed by atoms with van der Waals surface area (Å²) in [7, 11) is 1.65. The van der Waals surface area contributed by atoms with Gasteiger partial charge < -0.3 is 15.0 Å². The summed E-state index contributed by atoms with van der Waals surface area (Å²) in [5.74, 6) is 0.987. The van der Waals surface area contributed by atoms with Gasteiger partial charge in [0.15, 0.2) is 0 Å². The van der Waals surface area contributed by atoms with Crippen LogP contribution in [0.5, 0.6) is 5.75 Å². The van der Waals surface area contributed by atoms with Gasteiger partial charge in [0.05, 0.1) is 17.7 Å².